The number of aryl methyl sites for hydroxylation is 1. The second kappa shape index (κ2) is 6.49. The highest BCUT2D eigenvalue weighted by Gasteiger charge is 2.14. The van der Waals surface area contributed by atoms with Crippen molar-refractivity contribution in [2.75, 3.05) is 0 Å². The minimum absolute atomic E-state index is 0.278. The second-order valence-electron chi connectivity index (χ2n) is 5.52. The van der Waals surface area contributed by atoms with E-state index in [-0.39, 0.29) is 17.3 Å². The highest BCUT2D eigenvalue weighted by Crippen LogP contribution is 2.33. The summed E-state index contributed by atoms with van der Waals surface area (Å²) in [6.07, 6.45) is 1.50. The molecule has 1 aromatic heterocycles. The predicted octanol–water partition coefficient (Wildman–Crippen LogP) is 3.42. The van der Waals surface area contributed by atoms with Crippen LogP contribution in [0.2, 0.25) is 5.02 Å². The SMILES string of the molecule is Cc1ccc(F)cc1-c1ncc(Cl)c2ccc(C(=O)N=C(N)N)cc12. The van der Waals surface area contributed by atoms with Crippen molar-refractivity contribution in [1.82, 2.24) is 4.98 Å². The fraction of sp³-hybridized carbons (Fsp3) is 0.0556. The molecule has 1 amide bonds. The van der Waals surface area contributed by atoms with Gasteiger partial charge in [-0.15, -0.1) is 0 Å². The first-order valence-electron chi connectivity index (χ1n) is 7.35. The summed E-state index contributed by atoms with van der Waals surface area (Å²) >= 11 is 6.21. The predicted molar refractivity (Wildman–Crippen MR) is 97.0 cm³/mol. The molecule has 0 bridgehead atoms. The maximum atomic E-state index is 13.7. The number of fused-ring (bicyclic) bond motifs is 1. The molecule has 0 radical (unpaired) electrons. The van der Waals surface area contributed by atoms with E-state index in [1.165, 1.54) is 18.3 Å². The van der Waals surface area contributed by atoms with Crippen molar-refractivity contribution >= 4 is 34.2 Å². The number of guanidine groups is 1. The fourth-order valence-electron chi connectivity index (χ4n) is 2.59. The van der Waals surface area contributed by atoms with Crippen LogP contribution < -0.4 is 11.5 Å². The van der Waals surface area contributed by atoms with Crippen molar-refractivity contribution < 1.29 is 9.18 Å². The number of halogens is 2. The molecule has 25 heavy (non-hydrogen) atoms. The summed E-state index contributed by atoms with van der Waals surface area (Å²) in [7, 11) is 0. The molecule has 5 nitrogen and oxygen atoms in total. The molecule has 3 rings (SSSR count). The number of hydrogen-bond acceptors (Lipinski definition) is 2. The van der Waals surface area contributed by atoms with E-state index in [1.54, 1.807) is 24.3 Å². The third kappa shape index (κ3) is 3.29. The number of hydrogen-bond donors (Lipinski definition) is 2. The van der Waals surface area contributed by atoms with E-state index < -0.39 is 5.91 Å². The molecular formula is C18H14ClFN4O. The fourth-order valence-corrected chi connectivity index (χ4v) is 2.80. The number of aliphatic imine (C=N–C) groups is 1. The smallest absolute Gasteiger partial charge is 0.280 e. The van der Waals surface area contributed by atoms with Crippen LogP contribution in [0.1, 0.15) is 15.9 Å². The zero-order valence-corrected chi connectivity index (χ0v) is 14.0. The molecule has 126 valence electrons. The van der Waals surface area contributed by atoms with E-state index in [9.17, 15) is 9.18 Å². The topological polar surface area (TPSA) is 94.4 Å². The van der Waals surface area contributed by atoms with Crippen molar-refractivity contribution in [2.24, 2.45) is 16.5 Å². The third-order valence-corrected chi connectivity index (χ3v) is 4.07. The van der Waals surface area contributed by atoms with Crippen LogP contribution in [0.25, 0.3) is 22.0 Å². The number of aromatic nitrogens is 1. The van der Waals surface area contributed by atoms with Gasteiger partial charge in [0.2, 0.25) is 0 Å². The first kappa shape index (κ1) is 16.9. The molecule has 0 atom stereocenters. The van der Waals surface area contributed by atoms with E-state index in [4.69, 9.17) is 23.1 Å². The molecule has 0 fully saturated rings. The van der Waals surface area contributed by atoms with Gasteiger partial charge in [0.05, 0.1) is 10.7 Å². The van der Waals surface area contributed by atoms with Gasteiger partial charge in [0.25, 0.3) is 5.91 Å². The Labute approximate surface area is 148 Å². The van der Waals surface area contributed by atoms with Gasteiger partial charge < -0.3 is 11.5 Å². The van der Waals surface area contributed by atoms with Gasteiger partial charge in [-0.2, -0.15) is 4.99 Å². The Kier molecular flexibility index (Phi) is 4.37. The number of nitrogens with zero attached hydrogens (tertiary/aromatic N) is 2. The van der Waals surface area contributed by atoms with Gasteiger partial charge in [0, 0.05) is 28.1 Å². The maximum absolute atomic E-state index is 13.7. The van der Waals surface area contributed by atoms with Gasteiger partial charge in [0.1, 0.15) is 5.82 Å². The number of carbonyl (C=O) groups excluding carboxylic acids is 1. The lowest BCUT2D eigenvalue weighted by Crippen LogP contribution is -2.24. The van der Waals surface area contributed by atoms with Crippen LogP contribution in [-0.2, 0) is 0 Å². The summed E-state index contributed by atoms with van der Waals surface area (Å²) in [6, 6.07) is 9.31. The average molecular weight is 357 g/mol. The number of benzene rings is 2. The lowest BCUT2D eigenvalue weighted by molar-refractivity contribution is 0.100. The van der Waals surface area contributed by atoms with Crippen molar-refractivity contribution in [3.05, 3.63) is 64.6 Å². The molecule has 0 aliphatic carbocycles. The van der Waals surface area contributed by atoms with E-state index in [0.717, 1.165) is 5.56 Å². The molecular weight excluding hydrogens is 343 g/mol. The van der Waals surface area contributed by atoms with Crippen LogP contribution >= 0.6 is 11.6 Å². The van der Waals surface area contributed by atoms with Crippen LogP contribution in [0.15, 0.2) is 47.6 Å². The first-order valence-corrected chi connectivity index (χ1v) is 7.73. The van der Waals surface area contributed by atoms with Crippen LogP contribution in [0.5, 0.6) is 0 Å². The number of carbonyl (C=O) groups is 1. The van der Waals surface area contributed by atoms with Gasteiger partial charge in [0.15, 0.2) is 5.96 Å². The average Bonchev–Trinajstić information content (AvgIpc) is 2.57. The molecule has 0 aliphatic rings. The molecule has 1 heterocycles. The van der Waals surface area contributed by atoms with Gasteiger partial charge >= 0.3 is 0 Å². The Morgan fingerprint density at radius 2 is 1.92 bits per heavy atom. The minimum Gasteiger partial charge on any atom is -0.370 e. The molecule has 0 saturated heterocycles. The summed E-state index contributed by atoms with van der Waals surface area (Å²) < 4.78 is 13.7. The number of nitrogens with two attached hydrogens (primary N) is 2. The molecule has 0 unspecified atom stereocenters. The van der Waals surface area contributed by atoms with Crippen molar-refractivity contribution in [3.63, 3.8) is 0 Å². The number of rotatable bonds is 2. The number of amides is 1. The second-order valence-corrected chi connectivity index (χ2v) is 5.92. The van der Waals surface area contributed by atoms with E-state index in [1.807, 2.05) is 6.92 Å². The highest BCUT2D eigenvalue weighted by molar-refractivity contribution is 6.35. The van der Waals surface area contributed by atoms with E-state index >= 15 is 0 Å². The van der Waals surface area contributed by atoms with Crippen LogP contribution in [-0.4, -0.2) is 16.9 Å². The maximum Gasteiger partial charge on any atom is 0.280 e. The molecule has 7 heteroatoms. The quantitative estimate of drug-likeness (QED) is 0.543. The molecule has 4 N–H and O–H groups in total. The Balaban J connectivity index is 2.29. The summed E-state index contributed by atoms with van der Waals surface area (Å²) in [5.41, 5.74) is 12.8. The zero-order valence-electron chi connectivity index (χ0n) is 13.3. The summed E-state index contributed by atoms with van der Waals surface area (Å²) in [6.45, 7) is 1.85. The first-order chi connectivity index (χ1) is 11.9. The van der Waals surface area contributed by atoms with Gasteiger partial charge in [-0.25, -0.2) is 4.39 Å². The zero-order chi connectivity index (χ0) is 18.1. The Morgan fingerprint density at radius 3 is 2.64 bits per heavy atom. The number of pyridine rings is 1. The highest BCUT2D eigenvalue weighted by atomic mass is 35.5. The van der Waals surface area contributed by atoms with E-state index in [2.05, 4.69) is 9.98 Å². The standard InChI is InChI=1S/C18H14ClFN4O/c1-9-2-4-11(20)7-13(9)16-14-6-10(17(25)24-18(21)22)3-5-12(14)15(19)8-23-16/h2-8H,1H3,(H4,21,22,24,25). The Morgan fingerprint density at radius 1 is 1.16 bits per heavy atom. The van der Waals surface area contributed by atoms with Gasteiger partial charge in [-0.3, -0.25) is 9.78 Å². The normalized spacial score (nSPS) is 10.7. The molecule has 0 spiro atoms. The molecule has 3 aromatic rings. The van der Waals surface area contributed by atoms with Crippen LogP contribution in [0.3, 0.4) is 0 Å². The monoisotopic (exact) mass is 356 g/mol. The lowest BCUT2D eigenvalue weighted by Gasteiger charge is -2.11. The van der Waals surface area contributed by atoms with Gasteiger partial charge in [-0.1, -0.05) is 23.7 Å². The summed E-state index contributed by atoms with van der Waals surface area (Å²) in [4.78, 5) is 20.0. The van der Waals surface area contributed by atoms with Crippen molar-refractivity contribution in [2.45, 2.75) is 6.92 Å². The van der Waals surface area contributed by atoms with Crippen molar-refractivity contribution in [1.29, 1.82) is 0 Å². The molecule has 0 aliphatic heterocycles. The Bertz CT molecular complexity index is 1030. The van der Waals surface area contributed by atoms with Crippen molar-refractivity contribution in [3.8, 4) is 11.3 Å². The largest absolute Gasteiger partial charge is 0.370 e. The van der Waals surface area contributed by atoms with Crippen LogP contribution in [0.4, 0.5) is 4.39 Å². The van der Waals surface area contributed by atoms with Gasteiger partial charge in [-0.05, 0) is 36.8 Å². The molecule has 0 saturated carbocycles. The van der Waals surface area contributed by atoms with E-state index in [0.29, 0.717) is 27.1 Å². The Hall–Kier alpha value is -2.99. The summed E-state index contributed by atoms with van der Waals surface area (Å²) in [5.74, 6) is -1.28. The third-order valence-electron chi connectivity index (χ3n) is 3.77. The minimum atomic E-state index is -0.580. The lowest BCUT2D eigenvalue weighted by atomic mass is 9.98. The summed E-state index contributed by atoms with van der Waals surface area (Å²) in [5, 5.41) is 1.73. The van der Waals surface area contributed by atoms with Crippen LogP contribution in [0, 0.1) is 12.7 Å². The molecule has 2 aromatic carbocycles.